The van der Waals surface area contributed by atoms with Gasteiger partial charge < -0.3 is 4.90 Å². The molecular formula is C8H12N2. The molecule has 0 amide bonds. The Hall–Kier alpha value is -0.710. The van der Waals surface area contributed by atoms with E-state index in [1.165, 1.54) is 12.8 Å². The van der Waals surface area contributed by atoms with Gasteiger partial charge in [-0.3, -0.25) is 0 Å². The largest absolute Gasteiger partial charge is 0.307 e. The van der Waals surface area contributed by atoms with Gasteiger partial charge in [-0.1, -0.05) is 0 Å². The number of nitriles is 1. The molecule has 1 heterocycles. The number of hydrogen-bond donors (Lipinski definition) is 0. The third kappa shape index (κ3) is 0.581. The van der Waals surface area contributed by atoms with E-state index in [1.54, 1.807) is 0 Å². The van der Waals surface area contributed by atoms with Gasteiger partial charge in [-0.15, -0.1) is 0 Å². The van der Waals surface area contributed by atoms with Gasteiger partial charge in [0, 0.05) is 12.6 Å². The Morgan fingerprint density at radius 3 is 2.60 bits per heavy atom. The second-order valence-electron chi connectivity index (χ2n) is 3.49. The molecule has 0 aromatic heterocycles. The maximum atomic E-state index is 8.68. The number of likely N-dealkylation sites (tertiary alicyclic amines) is 1. The molecule has 0 radical (unpaired) electrons. The van der Waals surface area contributed by atoms with E-state index < -0.39 is 0 Å². The number of fused-ring (bicyclic) bond motifs is 1. The highest BCUT2D eigenvalue weighted by Gasteiger charge is 2.44. The Kier molecular flexibility index (Phi) is 1.14. The van der Waals surface area contributed by atoms with Crippen LogP contribution in [0.1, 0.15) is 19.8 Å². The Labute approximate surface area is 61.4 Å². The van der Waals surface area contributed by atoms with Gasteiger partial charge in [-0.05, 0) is 31.6 Å². The maximum Gasteiger partial charge on any atom is 0.179 e. The third-order valence-corrected chi connectivity index (χ3v) is 3.15. The van der Waals surface area contributed by atoms with Crippen LogP contribution in [0.15, 0.2) is 0 Å². The fourth-order valence-electron chi connectivity index (χ4n) is 2.24. The summed E-state index contributed by atoms with van der Waals surface area (Å²) in [5.74, 6) is 1.70. The summed E-state index contributed by atoms with van der Waals surface area (Å²) in [6, 6.07) is 0.531. The highest BCUT2D eigenvalue weighted by molar-refractivity contribution is 5.00. The van der Waals surface area contributed by atoms with Crippen molar-refractivity contribution in [1.29, 1.82) is 5.26 Å². The van der Waals surface area contributed by atoms with E-state index in [4.69, 9.17) is 5.26 Å². The lowest BCUT2D eigenvalue weighted by molar-refractivity contribution is 0.209. The lowest BCUT2D eigenvalue weighted by Gasteiger charge is -2.30. The van der Waals surface area contributed by atoms with Gasteiger partial charge in [-0.2, -0.15) is 5.26 Å². The normalized spacial score (nSPS) is 44.0. The van der Waals surface area contributed by atoms with E-state index in [0.29, 0.717) is 6.04 Å². The van der Waals surface area contributed by atoms with E-state index in [9.17, 15) is 0 Å². The van der Waals surface area contributed by atoms with Gasteiger partial charge >= 0.3 is 0 Å². The predicted octanol–water partition coefficient (Wildman–Crippen LogP) is 1.20. The SMILES string of the molecule is CC1C2CCC2CN1C#N. The van der Waals surface area contributed by atoms with Crippen molar-refractivity contribution in [3.63, 3.8) is 0 Å². The van der Waals surface area contributed by atoms with Crippen LogP contribution in [0.5, 0.6) is 0 Å². The van der Waals surface area contributed by atoms with Crippen molar-refractivity contribution in [1.82, 2.24) is 4.90 Å². The van der Waals surface area contributed by atoms with Crippen LogP contribution in [0.3, 0.4) is 0 Å². The first-order valence-corrected chi connectivity index (χ1v) is 3.99. The summed E-state index contributed by atoms with van der Waals surface area (Å²) >= 11 is 0. The molecule has 0 N–H and O–H groups in total. The van der Waals surface area contributed by atoms with E-state index >= 15 is 0 Å². The minimum absolute atomic E-state index is 0.531. The minimum atomic E-state index is 0.531. The molecule has 2 heteroatoms. The van der Waals surface area contributed by atoms with Gasteiger partial charge in [0.05, 0.1) is 0 Å². The Bertz CT molecular complexity index is 182. The molecule has 0 bridgehead atoms. The molecule has 2 aliphatic rings. The molecule has 2 fully saturated rings. The Balaban J connectivity index is 2.10. The second-order valence-corrected chi connectivity index (χ2v) is 3.49. The first-order chi connectivity index (χ1) is 4.83. The van der Waals surface area contributed by atoms with Crippen molar-refractivity contribution in [2.24, 2.45) is 11.8 Å². The molecule has 3 unspecified atom stereocenters. The second kappa shape index (κ2) is 1.88. The summed E-state index contributed by atoms with van der Waals surface area (Å²) in [5.41, 5.74) is 0. The molecule has 2 rings (SSSR count). The standard InChI is InChI=1S/C8H12N2/c1-6-8-3-2-7(8)4-10(6)5-9/h6-8H,2-4H2,1H3. The molecule has 3 atom stereocenters. The maximum absolute atomic E-state index is 8.68. The number of hydrogen-bond acceptors (Lipinski definition) is 2. The van der Waals surface area contributed by atoms with Crippen molar-refractivity contribution in [3.8, 4) is 6.19 Å². The predicted molar refractivity (Wildman–Crippen MR) is 38.0 cm³/mol. The first kappa shape index (κ1) is 6.03. The van der Waals surface area contributed by atoms with Crippen LogP contribution in [-0.2, 0) is 0 Å². The molecule has 54 valence electrons. The highest BCUT2D eigenvalue weighted by atomic mass is 15.2. The lowest BCUT2D eigenvalue weighted by Crippen LogP contribution is -2.29. The van der Waals surface area contributed by atoms with E-state index in [1.807, 2.05) is 4.90 Å². The quantitative estimate of drug-likeness (QED) is 0.468. The van der Waals surface area contributed by atoms with Gasteiger partial charge in [-0.25, -0.2) is 0 Å². The van der Waals surface area contributed by atoms with E-state index in [2.05, 4.69) is 13.1 Å². The molecule has 0 aromatic rings. The summed E-state index contributed by atoms with van der Waals surface area (Å²) in [5, 5.41) is 8.68. The zero-order chi connectivity index (χ0) is 7.14. The van der Waals surface area contributed by atoms with Crippen LogP contribution in [0.25, 0.3) is 0 Å². The summed E-state index contributed by atoms with van der Waals surface area (Å²) in [4.78, 5) is 1.93. The fourth-order valence-corrected chi connectivity index (χ4v) is 2.24. The van der Waals surface area contributed by atoms with Gasteiger partial charge in [0.2, 0.25) is 0 Å². The smallest absolute Gasteiger partial charge is 0.179 e. The van der Waals surface area contributed by atoms with Crippen LogP contribution in [-0.4, -0.2) is 17.5 Å². The average Bonchev–Trinajstić information content (AvgIpc) is 2.05. The molecule has 10 heavy (non-hydrogen) atoms. The van der Waals surface area contributed by atoms with Crippen LogP contribution < -0.4 is 0 Å². The van der Waals surface area contributed by atoms with Crippen molar-refractivity contribution in [3.05, 3.63) is 0 Å². The highest BCUT2D eigenvalue weighted by Crippen LogP contribution is 2.44. The molecule has 0 spiro atoms. The molecule has 1 aliphatic heterocycles. The monoisotopic (exact) mass is 136 g/mol. The number of nitrogens with zero attached hydrogens (tertiary/aromatic N) is 2. The molecular weight excluding hydrogens is 124 g/mol. The zero-order valence-electron chi connectivity index (χ0n) is 6.25. The van der Waals surface area contributed by atoms with Crippen LogP contribution in [0, 0.1) is 23.3 Å². The topological polar surface area (TPSA) is 27.0 Å². The molecule has 1 aliphatic carbocycles. The van der Waals surface area contributed by atoms with Gasteiger partial charge in [0.15, 0.2) is 6.19 Å². The lowest BCUT2D eigenvalue weighted by atomic mass is 9.73. The van der Waals surface area contributed by atoms with Crippen molar-refractivity contribution >= 4 is 0 Å². The summed E-state index contributed by atoms with van der Waals surface area (Å²) in [7, 11) is 0. The zero-order valence-corrected chi connectivity index (χ0v) is 6.25. The Morgan fingerprint density at radius 1 is 1.50 bits per heavy atom. The fraction of sp³-hybridized carbons (Fsp3) is 0.875. The summed E-state index contributed by atoms with van der Waals surface area (Å²) in [6.07, 6.45) is 4.95. The minimum Gasteiger partial charge on any atom is -0.307 e. The molecule has 2 nitrogen and oxygen atoms in total. The van der Waals surface area contributed by atoms with E-state index in [0.717, 1.165) is 18.4 Å². The molecule has 1 saturated heterocycles. The number of rotatable bonds is 0. The summed E-state index contributed by atoms with van der Waals surface area (Å²) < 4.78 is 0. The van der Waals surface area contributed by atoms with Gasteiger partial charge in [0.1, 0.15) is 0 Å². The Morgan fingerprint density at radius 2 is 2.30 bits per heavy atom. The molecule has 1 saturated carbocycles. The van der Waals surface area contributed by atoms with Crippen LogP contribution in [0.2, 0.25) is 0 Å². The van der Waals surface area contributed by atoms with Crippen molar-refractivity contribution in [2.75, 3.05) is 6.54 Å². The third-order valence-electron chi connectivity index (χ3n) is 3.15. The van der Waals surface area contributed by atoms with E-state index in [-0.39, 0.29) is 0 Å². The average molecular weight is 136 g/mol. The summed E-state index contributed by atoms with van der Waals surface area (Å²) in [6.45, 7) is 3.20. The van der Waals surface area contributed by atoms with Crippen molar-refractivity contribution < 1.29 is 0 Å². The molecule has 0 aromatic carbocycles. The van der Waals surface area contributed by atoms with Crippen molar-refractivity contribution in [2.45, 2.75) is 25.8 Å². The first-order valence-electron chi connectivity index (χ1n) is 3.99. The van der Waals surface area contributed by atoms with Crippen LogP contribution >= 0.6 is 0 Å². The van der Waals surface area contributed by atoms with Gasteiger partial charge in [0.25, 0.3) is 0 Å². The van der Waals surface area contributed by atoms with Crippen LogP contribution in [0.4, 0.5) is 0 Å².